The van der Waals surface area contributed by atoms with Crippen LogP contribution in [-0.4, -0.2) is 36.9 Å². The molecule has 0 saturated heterocycles. The molecule has 0 amide bonds. The summed E-state index contributed by atoms with van der Waals surface area (Å²) in [6.07, 6.45) is 2.46. The fourth-order valence-electron chi connectivity index (χ4n) is 1.81. The Balaban J connectivity index is 4.25. The van der Waals surface area contributed by atoms with E-state index in [4.69, 9.17) is 9.84 Å². The molecule has 0 aliphatic heterocycles. The van der Waals surface area contributed by atoms with Crippen molar-refractivity contribution >= 4 is 5.97 Å². The topological polar surface area (TPSA) is 58.6 Å². The zero-order chi connectivity index (χ0) is 12.6. The minimum absolute atomic E-state index is 0.123. The molecule has 16 heavy (non-hydrogen) atoms. The van der Waals surface area contributed by atoms with E-state index in [-0.39, 0.29) is 6.04 Å². The Kier molecular flexibility index (Phi) is 8.21. The maximum atomic E-state index is 11.0. The molecule has 0 aliphatic carbocycles. The van der Waals surface area contributed by atoms with Crippen LogP contribution in [0.15, 0.2) is 0 Å². The van der Waals surface area contributed by atoms with Crippen LogP contribution < -0.4 is 5.32 Å². The lowest BCUT2D eigenvalue weighted by Crippen LogP contribution is -2.45. The standard InChI is InChI=1S/C12H25NO3/c1-5-6-11(12(14)15)13-10(8-16-4)7-9(2)3/h9-11,13H,5-8H2,1-4H3,(H,14,15). The van der Waals surface area contributed by atoms with Gasteiger partial charge in [-0.1, -0.05) is 27.2 Å². The Bertz CT molecular complexity index is 195. The van der Waals surface area contributed by atoms with Crippen molar-refractivity contribution < 1.29 is 14.6 Å². The molecular formula is C12H25NO3. The van der Waals surface area contributed by atoms with Gasteiger partial charge < -0.3 is 9.84 Å². The molecule has 2 unspecified atom stereocenters. The van der Waals surface area contributed by atoms with Gasteiger partial charge in [-0.15, -0.1) is 0 Å². The number of aliphatic carboxylic acids is 1. The molecule has 0 heterocycles. The summed E-state index contributed by atoms with van der Waals surface area (Å²) in [4.78, 5) is 11.0. The van der Waals surface area contributed by atoms with Crippen LogP contribution in [0.25, 0.3) is 0 Å². The van der Waals surface area contributed by atoms with Gasteiger partial charge >= 0.3 is 5.97 Å². The number of nitrogens with one attached hydrogen (secondary N) is 1. The van der Waals surface area contributed by atoms with Crippen molar-refractivity contribution in [2.24, 2.45) is 5.92 Å². The molecule has 0 spiro atoms. The van der Waals surface area contributed by atoms with E-state index in [1.807, 2.05) is 6.92 Å². The second-order valence-corrected chi connectivity index (χ2v) is 4.63. The summed E-state index contributed by atoms with van der Waals surface area (Å²) in [5, 5.41) is 12.2. The highest BCUT2D eigenvalue weighted by Crippen LogP contribution is 2.08. The van der Waals surface area contributed by atoms with E-state index >= 15 is 0 Å². The number of methoxy groups -OCH3 is 1. The Morgan fingerprint density at radius 3 is 2.44 bits per heavy atom. The molecular weight excluding hydrogens is 206 g/mol. The monoisotopic (exact) mass is 231 g/mol. The summed E-state index contributed by atoms with van der Waals surface area (Å²) >= 11 is 0. The lowest BCUT2D eigenvalue weighted by atomic mass is 10.0. The first-order chi connectivity index (χ1) is 7.51. The van der Waals surface area contributed by atoms with Gasteiger partial charge in [-0.05, 0) is 18.8 Å². The van der Waals surface area contributed by atoms with Gasteiger partial charge in [0.05, 0.1) is 6.61 Å². The number of carbonyl (C=O) groups is 1. The zero-order valence-corrected chi connectivity index (χ0v) is 10.8. The third kappa shape index (κ3) is 6.80. The van der Waals surface area contributed by atoms with Crippen molar-refractivity contribution in [1.29, 1.82) is 0 Å². The van der Waals surface area contributed by atoms with Crippen molar-refractivity contribution in [1.82, 2.24) is 5.32 Å². The summed E-state index contributed by atoms with van der Waals surface area (Å²) < 4.78 is 5.11. The van der Waals surface area contributed by atoms with Crippen molar-refractivity contribution in [2.45, 2.75) is 52.1 Å². The first-order valence-electron chi connectivity index (χ1n) is 5.99. The predicted octanol–water partition coefficient (Wildman–Crippen LogP) is 1.89. The largest absolute Gasteiger partial charge is 0.480 e. The van der Waals surface area contributed by atoms with Crippen molar-refractivity contribution in [2.75, 3.05) is 13.7 Å². The zero-order valence-electron chi connectivity index (χ0n) is 10.8. The third-order valence-electron chi connectivity index (χ3n) is 2.44. The molecule has 0 saturated carbocycles. The van der Waals surface area contributed by atoms with Crippen molar-refractivity contribution in [3.05, 3.63) is 0 Å². The SMILES string of the molecule is CCCC(NC(COC)CC(C)C)C(=O)O. The number of hydrogen-bond donors (Lipinski definition) is 2. The molecule has 2 atom stereocenters. The fourth-order valence-corrected chi connectivity index (χ4v) is 1.81. The maximum absolute atomic E-state index is 11.0. The molecule has 96 valence electrons. The van der Waals surface area contributed by atoms with E-state index in [1.165, 1.54) is 0 Å². The Hall–Kier alpha value is -0.610. The summed E-state index contributed by atoms with van der Waals surface area (Å²) in [5.41, 5.74) is 0. The van der Waals surface area contributed by atoms with Gasteiger partial charge in [-0.3, -0.25) is 10.1 Å². The van der Waals surface area contributed by atoms with Crippen LogP contribution in [0, 0.1) is 5.92 Å². The molecule has 2 N–H and O–H groups in total. The molecule has 0 aromatic rings. The fraction of sp³-hybridized carbons (Fsp3) is 0.917. The van der Waals surface area contributed by atoms with E-state index in [1.54, 1.807) is 7.11 Å². The normalized spacial score (nSPS) is 15.1. The lowest BCUT2D eigenvalue weighted by Gasteiger charge is -2.24. The number of carboxylic acids is 1. The second-order valence-electron chi connectivity index (χ2n) is 4.63. The molecule has 0 bridgehead atoms. The van der Waals surface area contributed by atoms with Gasteiger partial charge in [0, 0.05) is 13.2 Å². The number of ether oxygens (including phenoxy) is 1. The first-order valence-corrected chi connectivity index (χ1v) is 5.99. The van der Waals surface area contributed by atoms with Crippen LogP contribution in [0.2, 0.25) is 0 Å². The summed E-state index contributed by atoms with van der Waals surface area (Å²) in [7, 11) is 1.64. The minimum atomic E-state index is -0.772. The summed E-state index contributed by atoms with van der Waals surface area (Å²) in [6.45, 7) is 6.80. The molecule has 0 aliphatic rings. The average molecular weight is 231 g/mol. The molecule has 0 rings (SSSR count). The van der Waals surface area contributed by atoms with Crippen LogP contribution >= 0.6 is 0 Å². The van der Waals surface area contributed by atoms with E-state index in [0.29, 0.717) is 18.9 Å². The van der Waals surface area contributed by atoms with Gasteiger partial charge in [0.25, 0.3) is 0 Å². The number of rotatable bonds is 9. The molecule has 4 heteroatoms. The summed E-state index contributed by atoms with van der Waals surface area (Å²) in [6, 6.07) is -0.332. The highest BCUT2D eigenvalue weighted by atomic mass is 16.5. The molecule has 0 aromatic heterocycles. The Morgan fingerprint density at radius 2 is 2.06 bits per heavy atom. The minimum Gasteiger partial charge on any atom is -0.480 e. The molecule has 0 radical (unpaired) electrons. The van der Waals surface area contributed by atoms with Gasteiger partial charge in [0.1, 0.15) is 6.04 Å². The van der Waals surface area contributed by atoms with E-state index < -0.39 is 12.0 Å². The first kappa shape index (κ1) is 15.4. The predicted molar refractivity (Wildman–Crippen MR) is 64.6 cm³/mol. The van der Waals surface area contributed by atoms with Gasteiger partial charge in [0.2, 0.25) is 0 Å². The quantitative estimate of drug-likeness (QED) is 0.636. The van der Waals surface area contributed by atoms with E-state index in [2.05, 4.69) is 19.2 Å². The Labute approximate surface area is 98.4 Å². The number of hydrogen-bond acceptors (Lipinski definition) is 3. The second kappa shape index (κ2) is 8.53. The smallest absolute Gasteiger partial charge is 0.320 e. The van der Waals surface area contributed by atoms with Crippen LogP contribution in [0.1, 0.15) is 40.0 Å². The molecule has 4 nitrogen and oxygen atoms in total. The maximum Gasteiger partial charge on any atom is 0.320 e. The van der Waals surface area contributed by atoms with Crippen LogP contribution in [0.5, 0.6) is 0 Å². The highest BCUT2D eigenvalue weighted by Gasteiger charge is 2.21. The van der Waals surface area contributed by atoms with Crippen molar-refractivity contribution in [3.8, 4) is 0 Å². The highest BCUT2D eigenvalue weighted by molar-refractivity contribution is 5.73. The van der Waals surface area contributed by atoms with Crippen LogP contribution in [0.4, 0.5) is 0 Å². The van der Waals surface area contributed by atoms with E-state index in [9.17, 15) is 4.79 Å². The van der Waals surface area contributed by atoms with Gasteiger partial charge in [-0.25, -0.2) is 0 Å². The van der Waals surface area contributed by atoms with Crippen molar-refractivity contribution in [3.63, 3.8) is 0 Å². The van der Waals surface area contributed by atoms with Crippen LogP contribution in [-0.2, 0) is 9.53 Å². The average Bonchev–Trinajstić information content (AvgIpc) is 2.16. The molecule has 0 fully saturated rings. The van der Waals surface area contributed by atoms with Gasteiger partial charge in [0.15, 0.2) is 0 Å². The lowest BCUT2D eigenvalue weighted by molar-refractivity contribution is -0.140. The summed E-state index contributed by atoms with van der Waals surface area (Å²) in [5.74, 6) is -0.240. The molecule has 0 aromatic carbocycles. The Morgan fingerprint density at radius 1 is 1.44 bits per heavy atom. The third-order valence-corrected chi connectivity index (χ3v) is 2.44. The van der Waals surface area contributed by atoms with Crippen LogP contribution in [0.3, 0.4) is 0 Å². The van der Waals surface area contributed by atoms with Gasteiger partial charge in [-0.2, -0.15) is 0 Å². The van der Waals surface area contributed by atoms with E-state index in [0.717, 1.165) is 12.8 Å². The number of carboxylic acid groups (broad SMARTS) is 1.